The Hall–Kier alpha value is -1.48. The average molecular weight is 249 g/mol. The van der Waals surface area contributed by atoms with Crippen LogP contribution in [0.4, 0.5) is 5.95 Å². The number of nitrogens with zero attached hydrogens (tertiary/aromatic N) is 3. The standard InChI is InChI=1S/C7H11N3O5S/c1-9-6(3-4-15-16(2,13)14)5-8-7(9)10(11)12/h5H,3-4H2,1-2H3. The van der Waals surface area contributed by atoms with Crippen LogP contribution in [0.5, 0.6) is 0 Å². The minimum absolute atomic E-state index is 0.0600. The van der Waals surface area contributed by atoms with Crippen molar-refractivity contribution in [3.63, 3.8) is 0 Å². The second-order valence-corrected chi connectivity index (χ2v) is 4.79. The zero-order valence-electron chi connectivity index (χ0n) is 8.78. The third-order valence-corrected chi connectivity index (χ3v) is 2.47. The molecule has 90 valence electrons. The second-order valence-electron chi connectivity index (χ2n) is 3.14. The maximum absolute atomic E-state index is 10.7. The molecule has 0 atom stereocenters. The summed E-state index contributed by atoms with van der Waals surface area (Å²) in [5.74, 6) is -0.283. The molecule has 0 aliphatic heterocycles. The molecule has 16 heavy (non-hydrogen) atoms. The van der Waals surface area contributed by atoms with Gasteiger partial charge >= 0.3 is 5.95 Å². The average Bonchev–Trinajstić information content (AvgIpc) is 2.46. The number of aromatic nitrogens is 2. The normalized spacial score (nSPS) is 11.6. The summed E-state index contributed by atoms with van der Waals surface area (Å²) in [5, 5.41) is 10.5. The first kappa shape index (κ1) is 12.6. The van der Waals surface area contributed by atoms with E-state index in [1.54, 1.807) is 0 Å². The molecule has 9 heteroatoms. The van der Waals surface area contributed by atoms with Crippen molar-refractivity contribution >= 4 is 16.1 Å². The molecule has 0 saturated carbocycles. The van der Waals surface area contributed by atoms with Crippen molar-refractivity contribution in [3.8, 4) is 0 Å². The molecule has 0 saturated heterocycles. The molecule has 1 aromatic rings. The van der Waals surface area contributed by atoms with Gasteiger partial charge < -0.3 is 10.1 Å². The highest BCUT2D eigenvalue weighted by atomic mass is 32.2. The molecule has 0 aromatic carbocycles. The van der Waals surface area contributed by atoms with E-state index in [0.717, 1.165) is 6.26 Å². The van der Waals surface area contributed by atoms with Gasteiger partial charge in [-0.1, -0.05) is 4.98 Å². The predicted octanol–water partition coefficient (Wildman–Crippen LogP) is -0.153. The van der Waals surface area contributed by atoms with Crippen LogP contribution >= 0.6 is 0 Å². The van der Waals surface area contributed by atoms with Crippen molar-refractivity contribution in [2.24, 2.45) is 7.05 Å². The second kappa shape index (κ2) is 4.58. The van der Waals surface area contributed by atoms with E-state index < -0.39 is 15.0 Å². The Morgan fingerprint density at radius 3 is 2.69 bits per heavy atom. The van der Waals surface area contributed by atoms with Crippen LogP contribution in [0.3, 0.4) is 0 Å². The summed E-state index contributed by atoms with van der Waals surface area (Å²) in [5.41, 5.74) is 0.537. The topological polar surface area (TPSA) is 104 Å². The summed E-state index contributed by atoms with van der Waals surface area (Å²) in [7, 11) is -1.99. The lowest BCUT2D eigenvalue weighted by atomic mass is 10.3. The SMILES string of the molecule is Cn1c(CCOS(C)(=O)=O)cnc1[N+](=O)[O-]. The molecular weight excluding hydrogens is 238 g/mol. The summed E-state index contributed by atoms with van der Waals surface area (Å²) in [4.78, 5) is 13.4. The lowest BCUT2D eigenvalue weighted by Crippen LogP contribution is -2.09. The molecule has 8 nitrogen and oxygen atoms in total. The monoisotopic (exact) mass is 249 g/mol. The van der Waals surface area contributed by atoms with Gasteiger partial charge in [-0.15, -0.1) is 0 Å². The molecule has 0 radical (unpaired) electrons. The summed E-state index contributed by atoms with van der Waals surface area (Å²) >= 11 is 0. The van der Waals surface area contributed by atoms with Crippen LogP contribution in [0.15, 0.2) is 6.20 Å². The Kier molecular flexibility index (Phi) is 3.60. The number of nitro groups is 1. The van der Waals surface area contributed by atoms with Crippen LogP contribution in [0.1, 0.15) is 5.69 Å². The van der Waals surface area contributed by atoms with Crippen LogP contribution in [-0.4, -0.2) is 35.8 Å². The van der Waals surface area contributed by atoms with Gasteiger partial charge in [0.05, 0.1) is 19.9 Å². The molecule has 0 aliphatic carbocycles. The molecule has 0 N–H and O–H groups in total. The number of hydrogen-bond acceptors (Lipinski definition) is 6. The van der Waals surface area contributed by atoms with Crippen LogP contribution in [0.25, 0.3) is 0 Å². The zero-order valence-corrected chi connectivity index (χ0v) is 9.60. The summed E-state index contributed by atoms with van der Waals surface area (Å²) in [6.45, 7) is -0.0600. The highest BCUT2D eigenvalue weighted by Crippen LogP contribution is 2.11. The van der Waals surface area contributed by atoms with Crippen molar-refractivity contribution in [3.05, 3.63) is 22.0 Å². The summed E-state index contributed by atoms with van der Waals surface area (Å²) < 4.78 is 27.1. The van der Waals surface area contributed by atoms with Gasteiger partial charge in [-0.25, -0.2) is 4.57 Å². The highest BCUT2D eigenvalue weighted by molar-refractivity contribution is 7.85. The lowest BCUT2D eigenvalue weighted by Gasteiger charge is -2.00. The highest BCUT2D eigenvalue weighted by Gasteiger charge is 2.17. The molecule has 1 rings (SSSR count). The Morgan fingerprint density at radius 1 is 1.62 bits per heavy atom. The van der Waals surface area contributed by atoms with Crippen molar-refractivity contribution < 1.29 is 17.5 Å². The van der Waals surface area contributed by atoms with E-state index >= 15 is 0 Å². The van der Waals surface area contributed by atoms with Crippen LogP contribution in [-0.2, 0) is 27.8 Å². The fraction of sp³-hybridized carbons (Fsp3) is 0.571. The van der Waals surface area contributed by atoms with Crippen LogP contribution < -0.4 is 0 Å². The minimum atomic E-state index is -3.48. The number of imidazole rings is 1. The van der Waals surface area contributed by atoms with Gasteiger partial charge in [0.2, 0.25) is 0 Å². The van der Waals surface area contributed by atoms with E-state index in [2.05, 4.69) is 9.17 Å². The third-order valence-electron chi connectivity index (χ3n) is 1.88. The fourth-order valence-electron chi connectivity index (χ4n) is 1.13. The third kappa shape index (κ3) is 3.28. The maximum atomic E-state index is 10.7. The Bertz CT molecular complexity index is 492. The predicted molar refractivity (Wildman–Crippen MR) is 54.4 cm³/mol. The first-order valence-corrected chi connectivity index (χ1v) is 6.12. The van der Waals surface area contributed by atoms with E-state index in [1.807, 2.05) is 0 Å². The van der Waals surface area contributed by atoms with E-state index in [0.29, 0.717) is 5.69 Å². The molecule has 0 fully saturated rings. The van der Waals surface area contributed by atoms with Gasteiger partial charge in [-0.3, -0.25) is 4.18 Å². The van der Waals surface area contributed by atoms with Crippen molar-refractivity contribution in [1.82, 2.24) is 9.55 Å². The molecule has 1 aromatic heterocycles. The molecular formula is C7H11N3O5S. The van der Waals surface area contributed by atoms with E-state index in [9.17, 15) is 18.5 Å². The Morgan fingerprint density at radius 2 is 2.25 bits per heavy atom. The van der Waals surface area contributed by atoms with Crippen molar-refractivity contribution in [1.29, 1.82) is 0 Å². The smallest absolute Gasteiger partial charge is 0.390 e. The minimum Gasteiger partial charge on any atom is -0.390 e. The zero-order chi connectivity index (χ0) is 12.3. The van der Waals surface area contributed by atoms with Crippen LogP contribution in [0.2, 0.25) is 0 Å². The first-order chi connectivity index (χ1) is 7.31. The quantitative estimate of drug-likeness (QED) is 0.408. The molecule has 0 aliphatic rings. The number of hydrogen-bond donors (Lipinski definition) is 0. The molecule has 0 spiro atoms. The number of rotatable bonds is 5. The first-order valence-electron chi connectivity index (χ1n) is 4.30. The Labute approximate surface area is 92.1 Å². The van der Waals surface area contributed by atoms with Gasteiger partial charge in [0, 0.05) is 6.42 Å². The Balaban J connectivity index is 2.66. The molecule has 0 unspecified atom stereocenters. The van der Waals surface area contributed by atoms with E-state index in [-0.39, 0.29) is 19.0 Å². The van der Waals surface area contributed by atoms with Gasteiger partial charge in [0.25, 0.3) is 10.1 Å². The van der Waals surface area contributed by atoms with Gasteiger partial charge in [0.1, 0.15) is 11.9 Å². The molecule has 0 bridgehead atoms. The lowest BCUT2D eigenvalue weighted by molar-refractivity contribution is -0.396. The van der Waals surface area contributed by atoms with Crippen molar-refractivity contribution in [2.75, 3.05) is 12.9 Å². The molecule has 0 amide bonds. The van der Waals surface area contributed by atoms with E-state index in [1.165, 1.54) is 17.8 Å². The summed E-state index contributed by atoms with van der Waals surface area (Å²) in [6.07, 6.45) is 2.51. The maximum Gasteiger partial charge on any atom is 0.434 e. The summed E-state index contributed by atoms with van der Waals surface area (Å²) in [6, 6.07) is 0. The van der Waals surface area contributed by atoms with Crippen LogP contribution in [0, 0.1) is 10.1 Å². The van der Waals surface area contributed by atoms with Gasteiger partial charge in [0.15, 0.2) is 0 Å². The molecule has 1 heterocycles. The van der Waals surface area contributed by atoms with Gasteiger partial charge in [-0.2, -0.15) is 8.42 Å². The van der Waals surface area contributed by atoms with Gasteiger partial charge in [-0.05, 0) is 4.92 Å². The largest absolute Gasteiger partial charge is 0.434 e. The fourth-order valence-corrected chi connectivity index (χ4v) is 1.52. The van der Waals surface area contributed by atoms with Crippen molar-refractivity contribution in [2.45, 2.75) is 6.42 Å². The van der Waals surface area contributed by atoms with E-state index in [4.69, 9.17) is 0 Å².